The fraction of sp³-hybridized carbons (Fsp3) is 1.00. The Kier molecular flexibility index (Phi) is 3.81. The van der Waals surface area contributed by atoms with Gasteiger partial charge in [0.15, 0.2) is 0 Å². The Morgan fingerprint density at radius 3 is 2.41 bits per heavy atom. The molecule has 3 heteroatoms. The molecule has 0 aromatic heterocycles. The van der Waals surface area contributed by atoms with Gasteiger partial charge in [-0.3, -0.25) is 9.80 Å². The minimum absolute atomic E-state index is 0.228. The molecule has 0 bridgehead atoms. The Bertz CT molecular complexity index is 262. The van der Waals surface area contributed by atoms with Crippen LogP contribution in [0.15, 0.2) is 0 Å². The van der Waals surface area contributed by atoms with E-state index in [4.69, 9.17) is 5.73 Å². The van der Waals surface area contributed by atoms with Gasteiger partial charge < -0.3 is 5.73 Å². The molecule has 0 spiro atoms. The predicted octanol–water partition coefficient (Wildman–Crippen LogP) is 1.53. The van der Waals surface area contributed by atoms with E-state index in [-0.39, 0.29) is 5.54 Å². The highest BCUT2D eigenvalue weighted by Crippen LogP contribution is 2.39. The van der Waals surface area contributed by atoms with Gasteiger partial charge in [-0.2, -0.15) is 0 Å². The van der Waals surface area contributed by atoms with Crippen LogP contribution in [0, 0.1) is 5.92 Å². The van der Waals surface area contributed by atoms with Crippen molar-refractivity contribution in [2.24, 2.45) is 11.7 Å². The summed E-state index contributed by atoms with van der Waals surface area (Å²) in [5, 5.41) is 0. The zero-order valence-corrected chi connectivity index (χ0v) is 11.9. The molecule has 2 aliphatic rings. The molecule has 2 N–H and O–H groups in total. The number of hydrogen-bond donors (Lipinski definition) is 1. The summed E-state index contributed by atoms with van der Waals surface area (Å²) in [5.74, 6) is 0.927. The van der Waals surface area contributed by atoms with E-state index < -0.39 is 0 Å². The maximum absolute atomic E-state index is 6.12. The average Bonchev–Trinajstić information content (AvgIpc) is 3.06. The third-order valence-electron chi connectivity index (χ3n) is 5.14. The average molecular weight is 239 g/mol. The molecule has 0 aromatic rings. The van der Waals surface area contributed by atoms with E-state index in [0.717, 1.165) is 19.0 Å². The summed E-state index contributed by atoms with van der Waals surface area (Å²) in [6.45, 7) is 10.1. The van der Waals surface area contributed by atoms with Gasteiger partial charge in [0, 0.05) is 37.3 Å². The van der Waals surface area contributed by atoms with Crippen LogP contribution in [0.2, 0.25) is 0 Å². The van der Waals surface area contributed by atoms with Crippen molar-refractivity contribution in [2.75, 3.05) is 26.7 Å². The van der Waals surface area contributed by atoms with E-state index in [2.05, 4.69) is 37.6 Å². The van der Waals surface area contributed by atoms with Gasteiger partial charge >= 0.3 is 0 Å². The third kappa shape index (κ3) is 2.51. The van der Waals surface area contributed by atoms with Crippen molar-refractivity contribution in [1.82, 2.24) is 9.80 Å². The van der Waals surface area contributed by atoms with Crippen molar-refractivity contribution in [3.63, 3.8) is 0 Å². The molecule has 100 valence electrons. The molecule has 1 saturated carbocycles. The molecule has 0 radical (unpaired) electrons. The topological polar surface area (TPSA) is 32.5 Å². The summed E-state index contributed by atoms with van der Waals surface area (Å²) >= 11 is 0. The van der Waals surface area contributed by atoms with Gasteiger partial charge in [-0.15, -0.1) is 0 Å². The molecule has 17 heavy (non-hydrogen) atoms. The Hall–Kier alpha value is -0.120. The number of rotatable bonds is 5. The van der Waals surface area contributed by atoms with Gasteiger partial charge in [-0.25, -0.2) is 0 Å². The summed E-state index contributed by atoms with van der Waals surface area (Å²) in [4.78, 5) is 5.16. The van der Waals surface area contributed by atoms with Gasteiger partial charge in [0.1, 0.15) is 0 Å². The van der Waals surface area contributed by atoms with Crippen molar-refractivity contribution in [3.05, 3.63) is 0 Å². The second-order valence-corrected chi connectivity index (χ2v) is 6.43. The highest BCUT2D eigenvalue weighted by Gasteiger charge is 2.45. The maximum Gasteiger partial charge on any atom is 0.0470 e. The molecule has 1 saturated heterocycles. The molecule has 2 rings (SSSR count). The highest BCUT2D eigenvalue weighted by molar-refractivity contribution is 5.02. The number of nitrogens with zero attached hydrogens (tertiary/aromatic N) is 2. The van der Waals surface area contributed by atoms with Gasteiger partial charge in [-0.1, -0.05) is 0 Å². The minimum atomic E-state index is 0.228. The van der Waals surface area contributed by atoms with Crippen LogP contribution < -0.4 is 5.73 Å². The fourth-order valence-corrected chi connectivity index (χ4v) is 3.25. The van der Waals surface area contributed by atoms with E-state index >= 15 is 0 Å². The van der Waals surface area contributed by atoms with Crippen molar-refractivity contribution >= 4 is 0 Å². The first kappa shape index (κ1) is 13.3. The SMILES string of the molecule is CC(C)N1CCC(CN)(N(C)C(C)C2CC2)C1. The molecular formula is C14H29N3. The van der Waals surface area contributed by atoms with Crippen LogP contribution in [0.1, 0.15) is 40.0 Å². The number of likely N-dealkylation sites (N-methyl/N-ethyl adjacent to an activating group) is 1. The lowest BCUT2D eigenvalue weighted by atomic mass is 9.94. The monoisotopic (exact) mass is 239 g/mol. The summed E-state index contributed by atoms with van der Waals surface area (Å²) in [7, 11) is 2.29. The van der Waals surface area contributed by atoms with Gasteiger partial charge in [0.25, 0.3) is 0 Å². The normalized spacial score (nSPS) is 32.6. The van der Waals surface area contributed by atoms with Crippen LogP contribution in [-0.4, -0.2) is 54.1 Å². The lowest BCUT2D eigenvalue weighted by Crippen LogP contribution is -2.57. The molecule has 2 fully saturated rings. The van der Waals surface area contributed by atoms with Crippen molar-refractivity contribution < 1.29 is 0 Å². The van der Waals surface area contributed by atoms with E-state index in [1.165, 1.54) is 25.8 Å². The largest absolute Gasteiger partial charge is 0.329 e. The molecule has 0 amide bonds. The summed E-state index contributed by atoms with van der Waals surface area (Å²) in [5.41, 5.74) is 6.35. The lowest BCUT2D eigenvalue weighted by molar-refractivity contribution is 0.0758. The smallest absolute Gasteiger partial charge is 0.0470 e. The van der Waals surface area contributed by atoms with Crippen molar-refractivity contribution in [3.8, 4) is 0 Å². The van der Waals surface area contributed by atoms with E-state index in [1.54, 1.807) is 0 Å². The molecule has 1 aliphatic carbocycles. The van der Waals surface area contributed by atoms with E-state index in [9.17, 15) is 0 Å². The van der Waals surface area contributed by atoms with Gasteiger partial charge in [-0.05, 0) is 53.0 Å². The fourth-order valence-electron chi connectivity index (χ4n) is 3.25. The molecule has 1 aliphatic heterocycles. The summed E-state index contributed by atoms with van der Waals surface area (Å²) < 4.78 is 0. The first-order valence-electron chi connectivity index (χ1n) is 7.17. The van der Waals surface area contributed by atoms with Crippen LogP contribution in [0.5, 0.6) is 0 Å². The number of hydrogen-bond acceptors (Lipinski definition) is 3. The predicted molar refractivity (Wildman–Crippen MR) is 73.1 cm³/mol. The number of likely N-dealkylation sites (tertiary alicyclic amines) is 1. The highest BCUT2D eigenvalue weighted by atomic mass is 15.3. The minimum Gasteiger partial charge on any atom is -0.329 e. The zero-order valence-electron chi connectivity index (χ0n) is 11.9. The molecule has 3 nitrogen and oxygen atoms in total. The zero-order chi connectivity index (χ0) is 12.6. The number of nitrogens with two attached hydrogens (primary N) is 1. The maximum atomic E-state index is 6.12. The summed E-state index contributed by atoms with van der Waals surface area (Å²) in [6.07, 6.45) is 4.06. The Labute approximate surface area is 106 Å². The third-order valence-corrected chi connectivity index (χ3v) is 5.14. The van der Waals surface area contributed by atoms with Gasteiger partial charge in [0.05, 0.1) is 0 Å². The van der Waals surface area contributed by atoms with Crippen molar-refractivity contribution in [1.29, 1.82) is 0 Å². The second kappa shape index (κ2) is 4.87. The van der Waals surface area contributed by atoms with Crippen molar-refractivity contribution in [2.45, 2.75) is 57.7 Å². The Morgan fingerprint density at radius 1 is 1.35 bits per heavy atom. The van der Waals surface area contributed by atoms with E-state index in [0.29, 0.717) is 12.1 Å². The van der Waals surface area contributed by atoms with E-state index in [1.807, 2.05) is 0 Å². The first-order valence-corrected chi connectivity index (χ1v) is 7.17. The molecule has 1 heterocycles. The Balaban J connectivity index is 2.04. The van der Waals surface area contributed by atoms with Crippen LogP contribution in [0.4, 0.5) is 0 Å². The molecule has 0 aromatic carbocycles. The lowest BCUT2D eigenvalue weighted by Gasteiger charge is -2.42. The molecule has 2 atom stereocenters. The van der Waals surface area contributed by atoms with Crippen LogP contribution >= 0.6 is 0 Å². The molecule has 2 unspecified atom stereocenters. The Morgan fingerprint density at radius 2 is 2.00 bits per heavy atom. The van der Waals surface area contributed by atoms with Crippen LogP contribution in [-0.2, 0) is 0 Å². The van der Waals surface area contributed by atoms with Crippen LogP contribution in [0.3, 0.4) is 0 Å². The summed E-state index contributed by atoms with van der Waals surface area (Å²) in [6, 6.07) is 1.35. The standard InChI is InChI=1S/C14H29N3/c1-11(2)17-8-7-14(9-15,10-17)16(4)12(3)13-5-6-13/h11-13H,5-10,15H2,1-4H3. The second-order valence-electron chi connectivity index (χ2n) is 6.43. The quantitative estimate of drug-likeness (QED) is 0.790. The van der Waals surface area contributed by atoms with Gasteiger partial charge in [0.2, 0.25) is 0 Å². The molecular weight excluding hydrogens is 210 g/mol. The first-order chi connectivity index (χ1) is 8.00. The van der Waals surface area contributed by atoms with Crippen LogP contribution in [0.25, 0.3) is 0 Å².